The lowest BCUT2D eigenvalue weighted by atomic mass is 10.0. The number of amides is 1. The molecule has 2 aliphatic rings. The van der Waals surface area contributed by atoms with Crippen molar-refractivity contribution in [2.75, 3.05) is 60.6 Å². The highest BCUT2D eigenvalue weighted by molar-refractivity contribution is 6.02. The molecule has 0 radical (unpaired) electrons. The van der Waals surface area contributed by atoms with Gasteiger partial charge < -0.3 is 25.0 Å². The molecule has 3 aromatic rings. The first-order valence-electron chi connectivity index (χ1n) is 13.0. The highest BCUT2D eigenvalue weighted by atomic mass is 19.4. The van der Waals surface area contributed by atoms with Crippen LogP contribution in [0.5, 0.6) is 5.75 Å². The fourth-order valence-corrected chi connectivity index (χ4v) is 4.82. The van der Waals surface area contributed by atoms with Crippen LogP contribution in [0.3, 0.4) is 0 Å². The molecule has 0 bridgehead atoms. The summed E-state index contributed by atoms with van der Waals surface area (Å²) in [6, 6.07) is 7.32. The lowest BCUT2D eigenvalue weighted by molar-refractivity contribution is -0.140. The van der Waals surface area contributed by atoms with Gasteiger partial charge in [0.1, 0.15) is 23.7 Å². The number of benzene rings is 2. The molecule has 0 saturated carbocycles. The Hall–Kier alpha value is -4.43. The molecular weight excluding hydrogens is 560 g/mol. The number of halogens is 4. The molecule has 3 heterocycles. The van der Waals surface area contributed by atoms with Crippen LogP contribution < -0.4 is 25.3 Å². The van der Waals surface area contributed by atoms with Crippen LogP contribution in [0.25, 0.3) is 0 Å². The fraction of sp³-hybridized carbons (Fsp3) is 0.321. The zero-order valence-electron chi connectivity index (χ0n) is 22.6. The van der Waals surface area contributed by atoms with E-state index in [9.17, 15) is 22.4 Å². The molecule has 2 aliphatic heterocycles. The fourth-order valence-electron chi connectivity index (χ4n) is 4.82. The monoisotopic (exact) mass is 588 g/mol. The highest BCUT2D eigenvalue weighted by Gasteiger charge is 2.36. The maximum Gasteiger partial charge on any atom is 0.419 e. The Morgan fingerprint density at radius 2 is 1.90 bits per heavy atom. The number of anilines is 5. The molecule has 14 heteroatoms. The van der Waals surface area contributed by atoms with Gasteiger partial charge in [0.15, 0.2) is 5.82 Å². The summed E-state index contributed by atoms with van der Waals surface area (Å²) in [6.07, 6.45) is -2.03. The van der Waals surface area contributed by atoms with E-state index in [1.54, 1.807) is 18.2 Å². The topological polar surface area (TPSA) is 101 Å². The minimum absolute atomic E-state index is 0.222. The van der Waals surface area contributed by atoms with Gasteiger partial charge in [-0.1, -0.05) is 12.6 Å². The lowest BCUT2D eigenvalue weighted by Crippen LogP contribution is -2.36. The third-order valence-electron chi connectivity index (χ3n) is 6.84. The van der Waals surface area contributed by atoms with E-state index in [2.05, 4.69) is 32.1 Å². The van der Waals surface area contributed by atoms with Crippen molar-refractivity contribution in [1.82, 2.24) is 9.97 Å². The summed E-state index contributed by atoms with van der Waals surface area (Å²) in [5.41, 5.74) is 0.621. The number of aromatic nitrogens is 2. The number of alkyl halides is 3. The van der Waals surface area contributed by atoms with E-state index in [-0.39, 0.29) is 18.0 Å². The molecule has 1 aromatic heterocycles. The van der Waals surface area contributed by atoms with Gasteiger partial charge >= 0.3 is 6.18 Å². The van der Waals surface area contributed by atoms with Gasteiger partial charge in [-0.2, -0.15) is 13.2 Å². The second-order valence-corrected chi connectivity index (χ2v) is 9.45. The number of ether oxygens (including phenoxy) is 2. The van der Waals surface area contributed by atoms with Crippen molar-refractivity contribution in [2.45, 2.75) is 18.6 Å². The van der Waals surface area contributed by atoms with Crippen LogP contribution in [0.2, 0.25) is 0 Å². The van der Waals surface area contributed by atoms with Crippen LogP contribution in [0.4, 0.5) is 46.3 Å². The standard InChI is InChI=1S/C28H28F4N6O4/c1-3-27(39)36-20-13-21(24(40-2)14-23(20)37-7-10-41-11-8-37)35-25-15-26(34-16-33-25)38-22(6-9-42-38)17-4-5-19(29)18(12-17)28(30,31)32/h3-5,12-16,22H,1,6-11H2,2H3,(H,36,39)(H,33,34,35). The van der Waals surface area contributed by atoms with Gasteiger partial charge in [-0.3, -0.25) is 9.63 Å². The Kier molecular flexibility index (Phi) is 8.45. The van der Waals surface area contributed by atoms with Crippen molar-refractivity contribution in [3.05, 3.63) is 72.3 Å². The number of morpholine rings is 1. The van der Waals surface area contributed by atoms with Crippen molar-refractivity contribution in [3.63, 3.8) is 0 Å². The number of nitrogens with one attached hydrogen (secondary N) is 2. The highest BCUT2D eigenvalue weighted by Crippen LogP contribution is 2.41. The first-order chi connectivity index (χ1) is 20.2. The quantitative estimate of drug-likeness (QED) is 0.271. The van der Waals surface area contributed by atoms with Gasteiger partial charge in [0, 0.05) is 31.6 Å². The molecule has 2 N–H and O–H groups in total. The van der Waals surface area contributed by atoms with Gasteiger partial charge in [-0.15, -0.1) is 0 Å². The Labute approximate surface area is 238 Å². The summed E-state index contributed by atoms with van der Waals surface area (Å²) in [5, 5.41) is 7.38. The van der Waals surface area contributed by atoms with Crippen molar-refractivity contribution >= 4 is 34.6 Å². The predicted octanol–water partition coefficient (Wildman–Crippen LogP) is 5.23. The summed E-state index contributed by atoms with van der Waals surface area (Å²) in [7, 11) is 1.51. The number of rotatable bonds is 8. The molecule has 0 aliphatic carbocycles. The molecule has 222 valence electrons. The van der Waals surface area contributed by atoms with E-state index >= 15 is 0 Å². The number of carbonyl (C=O) groups is 1. The number of hydrogen-bond donors (Lipinski definition) is 2. The van der Waals surface area contributed by atoms with Gasteiger partial charge in [-0.05, 0) is 29.8 Å². The molecule has 2 fully saturated rings. The first-order valence-corrected chi connectivity index (χ1v) is 13.0. The SMILES string of the molecule is C=CC(=O)Nc1cc(Nc2cc(N3OCCC3c3ccc(F)c(C(F)(F)F)c3)ncn2)c(OC)cc1N1CCOCC1. The number of hydrogen-bond acceptors (Lipinski definition) is 9. The molecule has 42 heavy (non-hydrogen) atoms. The Balaban J connectivity index is 1.44. The van der Waals surface area contributed by atoms with Crippen LogP contribution in [-0.2, 0) is 20.5 Å². The normalized spacial score (nSPS) is 17.2. The molecule has 1 amide bonds. The zero-order chi connectivity index (χ0) is 29.9. The van der Waals surface area contributed by atoms with E-state index in [1.807, 2.05) is 0 Å². The summed E-state index contributed by atoms with van der Waals surface area (Å²) in [4.78, 5) is 28.5. The summed E-state index contributed by atoms with van der Waals surface area (Å²) in [6.45, 7) is 6.07. The maximum absolute atomic E-state index is 13.9. The Bertz CT molecular complexity index is 1460. The molecule has 10 nitrogen and oxygen atoms in total. The molecule has 5 rings (SSSR count). The minimum Gasteiger partial charge on any atom is -0.494 e. The van der Waals surface area contributed by atoms with Crippen molar-refractivity contribution in [1.29, 1.82) is 0 Å². The first kappa shape index (κ1) is 29.1. The number of hydroxylamine groups is 1. The Morgan fingerprint density at radius 1 is 1.12 bits per heavy atom. The van der Waals surface area contributed by atoms with Gasteiger partial charge in [0.2, 0.25) is 5.91 Å². The summed E-state index contributed by atoms with van der Waals surface area (Å²) >= 11 is 0. The van der Waals surface area contributed by atoms with Crippen LogP contribution in [-0.4, -0.2) is 55.9 Å². The second-order valence-electron chi connectivity index (χ2n) is 9.45. The van der Waals surface area contributed by atoms with Gasteiger partial charge in [0.25, 0.3) is 0 Å². The average molecular weight is 589 g/mol. The van der Waals surface area contributed by atoms with Gasteiger partial charge in [-0.25, -0.2) is 19.4 Å². The van der Waals surface area contributed by atoms with E-state index in [0.29, 0.717) is 55.7 Å². The molecule has 2 aromatic carbocycles. The van der Waals surface area contributed by atoms with Crippen molar-refractivity contribution < 1.29 is 36.7 Å². The summed E-state index contributed by atoms with van der Waals surface area (Å²) < 4.78 is 65.0. The van der Waals surface area contributed by atoms with Crippen LogP contribution >= 0.6 is 0 Å². The number of carbonyl (C=O) groups excluding carboxylic acids is 1. The molecule has 2 saturated heterocycles. The molecule has 1 unspecified atom stereocenters. The Morgan fingerprint density at radius 3 is 2.62 bits per heavy atom. The van der Waals surface area contributed by atoms with Gasteiger partial charge in [0.05, 0.1) is 55.6 Å². The van der Waals surface area contributed by atoms with Crippen LogP contribution in [0.1, 0.15) is 23.6 Å². The maximum atomic E-state index is 13.9. The van der Waals surface area contributed by atoms with E-state index in [4.69, 9.17) is 14.3 Å². The van der Waals surface area contributed by atoms with E-state index in [0.717, 1.165) is 17.8 Å². The minimum atomic E-state index is -4.84. The summed E-state index contributed by atoms with van der Waals surface area (Å²) in [5.74, 6) is -0.673. The van der Waals surface area contributed by atoms with E-state index in [1.165, 1.54) is 30.6 Å². The number of nitrogens with zero attached hydrogens (tertiary/aromatic N) is 4. The zero-order valence-corrected chi connectivity index (χ0v) is 22.6. The third-order valence-corrected chi connectivity index (χ3v) is 6.84. The molecular formula is C28H28F4N6O4. The number of methoxy groups -OCH3 is 1. The molecule has 0 spiro atoms. The van der Waals surface area contributed by atoms with Crippen molar-refractivity contribution in [3.8, 4) is 5.75 Å². The van der Waals surface area contributed by atoms with Crippen molar-refractivity contribution in [2.24, 2.45) is 0 Å². The largest absolute Gasteiger partial charge is 0.494 e. The lowest BCUT2D eigenvalue weighted by Gasteiger charge is -2.31. The predicted molar refractivity (Wildman–Crippen MR) is 147 cm³/mol. The second kappa shape index (κ2) is 12.2. The average Bonchev–Trinajstić information content (AvgIpc) is 3.48. The third kappa shape index (κ3) is 6.24. The van der Waals surface area contributed by atoms with E-state index < -0.39 is 29.5 Å². The molecule has 1 atom stereocenters. The smallest absolute Gasteiger partial charge is 0.419 e. The van der Waals surface area contributed by atoms with Crippen LogP contribution in [0, 0.1) is 5.82 Å². The van der Waals surface area contributed by atoms with Crippen LogP contribution in [0.15, 0.2) is 55.4 Å².